The molecule has 1 aromatic carbocycles. The minimum Gasteiger partial charge on any atom is -0.390 e. The largest absolute Gasteiger partial charge is 0.390 e. The minimum absolute atomic E-state index is 0.122. The van der Waals surface area contributed by atoms with Crippen molar-refractivity contribution in [1.29, 1.82) is 0 Å². The van der Waals surface area contributed by atoms with Crippen LogP contribution in [0.4, 0.5) is 5.69 Å². The number of carbonyl (C=O) groups is 1. The molecule has 3 saturated heterocycles. The van der Waals surface area contributed by atoms with Gasteiger partial charge in [0, 0.05) is 23.9 Å². The smallest absolute Gasteiger partial charge is 0.264 e. The van der Waals surface area contributed by atoms with E-state index in [-0.39, 0.29) is 23.8 Å². The number of carbonyl (C=O) groups excluding carboxylic acids is 1. The topological polar surface area (TPSA) is 71.0 Å². The van der Waals surface area contributed by atoms with Crippen molar-refractivity contribution in [3.8, 4) is 0 Å². The first kappa shape index (κ1) is 15.8. The molecule has 2 N–H and O–H groups in total. The van der Waals surface area contributed by atoms with Crippen molar-refractivity contribution >= 4 is 11.6 Å². The number of para-hydroxylation sites is 1. The Kier molecular flexibility index (Phi) is 3.32. The van der Waals surface area contributed by atoms with Crippen LogP contribution in [0.2, 0.25) is 0 Å². The van der Waals surface area contributed by atoms with Gasteiger partial charge in [-0.05, 0) is 24.5 Å². The summed E-state index contributed by atoms with van der Waals surface area (Å²) < 4.78 is 6.15. The molecule has 1 aromatic rings. The molecular formula is C19H24N2O4. The molecule has 25 heavy (non-hydrogen) atoms. The highest BCUT2D eigenvalue weighted by Gasteiger charge is 2.67. The maximum absolute atomic E-state index is 13.5. The van der Waals surface area contributed by atoms with E-state index in [0.29, 0.717) is 19.1 Å². The van der Waals surface area contributed by atoms with Gasteiger partial charge in [0.1, 0.15) is 11.5 Å². The number of rotatable bonds is 2. The second kappa shape index (κ2) is 5.27. The van der Waals surface area contributed by atoms with E-state index in [1.165, 1.54) is 12.2 Å². The number of ether oxygens (including phenoxy) is 1. The van der Waals surface area contributed by atoms with Crippen LogP contribution in [-0.4, -0.2) is 49.0 Å². The Morgan fingerprint density at radius 1 is 1.44 bits per heavy atom. The Morgan fingerprint density at radius 3 is 3.00 bits per heavy atom. The molecule has 4 fully saturated rings. The lowest BCUT2D eigenvalue weighted by Gasteiger charge is -2.43. The number of anilines is 1. The monoisotopic (exact) mass is 344 g/mol. The summed E-state index contributed by atoms with van der Waals surface area (Å²) in [6, 6.07) is 8.18. The lowest BCUT2D eigenvalue weighted by atomic mass is 9.70. The number of aliphatic hydroxyl groups excluding tert-OH is 1. The second-order valence-corrected chi connectivity index (χ2v) is 7.75. The molecule has 1 spiro atoms. The number of benzene rings is 1. The maximum Gasteiger partial charge on any atom is 0.264 e. The molecule has 6 rings (SSSR count). The van der Waals surface area contributed by atoms with Gasteiger partial charge in [0.05, 0.1) is 25.5 Å². The average Bonchev–Trinajstić information content (AvgIpc) is 3.00. The van der Waals surface area contributed by atoms with E-state index in [9.17, 15) is 9.90 Å². The van der Waals surface area contributed by atoms with Crippen LogP contribution in [0.1, 0.15) is 25.3 Å². The highest BCUT2D eigenvalue weighted by Crippen LogP contribution is 2.56. The van der Waals surface area contributed by atoms with Crippen molar-refractivity contribution in [3.63, 3.8) is 0 Å². The Bertz CT molecular complexity index is 725. The molecule has 0 unspecified atom stereocenters. The Labute approximate surface area is 147 Å². The Balaban J connectivity index is 1.69. The number of hydrogen-bond donors (Lipinski definition) is 2. The quantitative estimate of drug-likeness (QED) is 0.837. The van der Waals surface area contributed by atoms with Crippen LogP contribution < -0.4 is 10.4 Å². The van der Waals surface area contributed by atoms with Crippen molar-refractivity contribution in [2.24, 2.45) is 11.8 Å². The SMILES string of the molecule is CC[C@H]1N[C@@H]2C[C@@]3(C(=O)N(OC)c4ccccc43)[C@@H]3OC[C@H]2[C@H]1[C@@H]3O. The van der Waals surface area contributed by atoms with Gasteiger partial charge in [-0.1, -0.05) is 25.1 Å². The van der Waals surface area contributed by atoms with Gasteiger partial charge >= 0.3 is 0 Å². The zero-order valence-electron chi connectivity index (χ0n) is 14.5. The van der Waals surface area contributed by atoms with Gasteiger partial charge in [0.15, 0.2) is 0 Å². The van der Waals surface area contributed by atoms with Gasteiger partial charge in [-0.25, -0.2) is 0 Å². The first-order valence-corrected chi connectivity index (χ1v) is 9.17. The molecule has 4 bridgehead atoms. The lowest BCUT2D eigenvalue weighted by molar-refractivity contribution is -0.159. The normalized spacial score (nSPS) is 44.4. The predicted molar refractivity (Wildman–Crippen MR) is 91.0 cm³/mol. The van der Waals surface area contributed by atoms with Crippen LogP contribution in [0.3, 0.4) is 0 Å². The predicted octanol–water partition coefficient (Wildman–Crippen LogP) is 0.979. The van der Waals surface area contributed by atoms with E-state index in [1.54, 1.807) is 0 Å². The standard InChI is InChI=1S/C19H24N2O4/c1-3-12-15-10-9-25-17(16(15)22)19(8-13(10)20-12)11-6-4-5-7-14(11)21(24-2)18(19)23/h4-7,10,12-13,15-17,20,22H,3,8-9H2,1-2H3/t10-,12-,13-,15-,16+,17-,19+/m1/s1. The molecule has 6 nitrogen and oxygen atoms in total. The Morgan fingerprint density at radius 2 is 2.24 bits per heavy atom. The van der Waals surface area contributed by atoms with E-state index >= 15 is 0 Å². The third kappa shape index (κ3) is 1.76. The van der Waals surface area contributed by atoms with E-state index < -0.39 is 17.6 Å². The molecule has 1 saturated carbocycles. The fraction of sp³-hybridized carbons (Fsp3) is 0.632. The van der Waals surface area contributed by atoms with Gasteiger partial charge < -0.3 is 15.2 Å². The summed E-state index contributed by atoms with van der Waals surface area (Å²) in [5.74, 6) is 0.278. The number of hydroxylamine groups is 1. The lowest BCUT2D eigenvalue weighted by Crippen LogP contribution is -2.59. The highest BCUT2D eigenvalue weighted by molar-refractivity contribution is 6.07. The molecule has 4 aliphatic heterocycles. The molecular weight excluding hydrogens is 320 g/mol. The maximum atomic E-state index is 13.5. The summed E-state index contributed by atoms with van der Waals surface area (Å²) >= 11 is 0. The Hall–Kier alpha value is -1.47. The first-order chi connectivity index (χ1) is 12.1. The van der Waals surface area contributed by atoms with Gasteiger partial charge in [0.2, 0.25) is 0 Å². The first-order valence-electron chi connectivity index (χ1n) is 9.17. The summed E-state index contributed by atoms with van der Waals surface area (Å²) in [4.78, 5) is 18.9. The van der Waals surface area contributed by atoms with Crippen molar-refractivity contribution in [3.05, 3.63) is 29.8 Å². The molecule has 1 aliphatic carbocycles. The van der Waals surface area contributed by atoms with Crippen LogP contribution in [0.15, 0.2) is 24.3 Å². The van der Waals surface area contributed by atoms with E-state index in [0.717, 1.165) is 17.7 Å². The number of fused-ring (bicyclic) bond motifs is 2. The highest BCUT2D eigenvalue weighted by atomic mass is 16.7. The minimum atomic E-state index is -0.883. The average molecular weight is 344 g/mol. The molecule has 6 heteroatoms. The van der Waals surface area contributed by atoms with Crippen LogP contribution in [0.5, 0.6) is 0 Å². The van der Waals surface area contributed by atoms with Crippen LogP contribution >= 0.6 is 0 Å². The molecule has 134 valence electrons. The fourth-order valence-corrected chi connectivity index (χ4v) is 5.89. The van der Waals surface area contributed by atoms with E-state index in [2.05, 4.69) is 12.2 Å². The van der Waals surface area contributed by atoms with Gasteiger partial charge in [-0.15, -0.1) is 0 Å². The van der Waals surface area contributed by atoms with Crippen LogP contribution in [0.25, 0.3) is 0 Å². The number of amides is 1. The number of hydrogen-bond acceptors (Lipinski definition) is 5. The number of aliphatic hydroxyl groups is 1. The third-order valence-corrected chi connectivity index (χ3v) is 6.90. The van der Waals surface area contributed by atoms with Gasteiger partial charge in [-0.3, -0.25) is 9.63 Å². The summed E-state index contributed by atoms with van der Waals surface area (Å²) in [5.41, 5.74) is 0.791. The third-order valence-electron chi connectivity index (χ3n) is 6.90. The number of nitrogens with zero attached hydrogens (tertiary/aromatic N) is 1. The van der Waals surface area contributed by atoms with Crippen molar-refractivity contribution in [2.45, 2.75) is 49.5 Å². The summed E-state index contributed by atoms with van der Waals surface area (Å²) in [7, 11) is 1.51. The van der Waals surface area contributed by atoms with E-state index in [1.807, 2.05) is 24.3 Å². The van der Waals surface area contributed by atoms with Crippen molar-refractivity contribution in [1.82, 2.24) is 5.32 Å². The number of nitrogens with one attached hydrogen (secondary N) is 1. The zero-order valence-corrected chi connectivity index (χ0v) is 14.5. The van der Waals surface area contributed by atoms with Gasteiger partial charge in [-0.2, -0.15) is 5.06 Å². The molecule has 4 heterocycles. The summed E-state index contributed by atoms with van der Waals surface area (Å²) in [5, 5.41) is 16.3. The molecule has 1 amide bonds. The fourth-order valence-electron chi connectivity index (χ4n) is 5.89. The molecule has 5 aliphatic rings. The van der Waals surface area contributed by atoms with Crippen LogP contribution in [-0.2, 0) is 19.8 Å². The van der Waals surface area contributed by atoms with Gasteiger partial charge in [0.25, 0.3) is 5.91 Å². The van der Waals surface area contributed by atoms with Crippen LogP contribution in [0, 0.1) is 11.8 Å². The summed E-state index contributed by atoms with van der Waals surface area (Å²) in [6.07, 6.45) is 0.437. The molecule has 0 aromatic heterocycles. The zero-order chi connectivity index (χ0) is 17.3. The van der Waals surface area contributed by atoms with Crippen molar-refractivity contribution in [2.75, 3.05) is 18.8 Å². The molecule has 0 radical (unpaired) electrons. The van der Waals surface area contributed by atoms with Crippen molar-refractivity contribution < 1.29 is 19.5 Å². The second-order valence-electron chi connectivity index (χ2n) is 7.75. The molecule has 7 atom stereocenters. The summed E-state index contributed by atoms with van der Waals surface area (Å²) in [6.45, 7) is 2.75. The van der Waals surface area contributed by atoms with E-state index in [4.69, 9.17) is 9.57 Å².